The number of piperidine rings is 2. The molecule has 3 saturated heterocycles. The van der Waals surface area contributed by atoms with Crippen molar-refractivity contribution >= 4 is 11.8 Å². The third kappa shape index (κ3) is 7.56. The molecule has 1 aromatic rings. The Morgan fingerprint density at radius 1 is 1.02 bits per heavy atom. The molecular formula is C34H55N5O3. The molecule has 4 heterocycles. The van der Waals surface area contributed by atoms with Gasteiger partial charge in [0.1, 0.15) is 18.5 Å². The second-order valence-electron chi connectivity index (χ2n) is 12.1. The first-order valence-corrected chi connectivity index (χ1v) is 16.7. The average Bonchev–Trinajstić information content (AvgIpc) is 3.48. The van der Waals surface area contributed by atoms with E-state index in [9.17, 15) is 9.59 Å². The number of unbranched alkanes of at least 4 members (excludes halogenated alkanes) is 2. The van der Waals surface area contributed by atoms with Crippen LogP contribution in [0.25, 0.3) is 0 Å². The van der Waals surface area contributed by atoms with Crippen molar-refractivity contribution in [3.05, 3.63) is 47.2 Å². The van der Waals surface area contributed by atoms with E-state index in [2.05, 4.69) is 59.5 Å². The maximum Gasteiger partial charge on any atom is 0.271 e. The number of likely N-dealkylation sites (tertiary alicyclic amines) is 2. The Bertz CT molecular complexity index is 1040. The lowest BCUT2D eigenvalue weighted by Crippen LogP contribution is -2.61. The summed E-state index contributed by atoms with van der Waals surface area (Å²) in [5.74, 6) is 0.00888. The first-order valence-electron chi connectivity index (χ1n) is 16.7. The van der Waals surface area contributed by atoms with E-state index in [-0.39, 0.29) is 42.7 Å². The molecule has 5 rings (SSSR count). The van der Waals surface area contributed by atoms with Crippen molar-refractivity contribution in [3.8, 4) is 0 Å². The van der Waals surface area contributed by atoms with Gasteiger partial charge in [-0.3, -0.25) is 19.5 Å². The van der Waals surface area contributed by atoms with Crippen molar-refractivity contribution in [2.24, 2.45) is 0 Å². The molecule has 1 aromatic carbocycles. The topological polar surface area (TPSA) is 68.4 Å². The van der Waals surface area contributed by atoms with Crippen LogP contribution in [-0.2, 0) is 14.3 Å². The number of rotatable bonds is 10. The van der Waals surface area contributed by atoms with Gasteiger partial charge in [0.25, 0.3) is 5.91 Å². The molecule has 0 bridgehead atoms. The summed E-state index contributed by atoms with van der Waals surface area (Å²) >= 11 is 0. The largest absolute Gasteiger partial charge is 0.364 e. The van der Waals surface area contributed by atoms with Gasteiger partial charge in [0.15, 0.2) is 0 Å². The summed E-state index contributed by atoms with van der Waals surface area (Å²) in [6, 6.07) is 8.64. The minimum Gasteiger partial charge on any atom is -0.364 e. The Balaban J connectivity index is 0.00000198. The van der Waals surface area contributed by atoms with Crippen molar-refractivity contribution in [3.63, 3.8) is 0 Å². The fraction of sp³-hybridized carbons (Fsp3) is 0.706. The molecule has 0 aromatic heterocycles. The van der Waals surface area contributed by atoms with Crippen molar-refractivity contribution in [2.75, 3.05) is 39.8 Å². The zero-order valence-corrected chi connectivity index (χ0v) is 26.8. The van der Waals surface area contributed by atoms with E-state index in [0.29, 0.717) is 12.2 Å². The van der Waals surface area contributed by atoms with E-state index in [0.717, 1.165) is 63.7 Å². The molecule has 234 valence electrons. The number of aryl methyl sites for hydroxylation is 1. The summed E-state index contributed by atoms with van der Waals surface area (Å²) in [6.07, 6.45) is 13.1. The van der Waals surface area contributed by atoms with Crippen LogP contribution in [0.1, 0.15) is 102 Å². The average molecular weight is 582 g/mol. The SMILES string of the molecule is CC.CCCCCC1CN(CC(=O)N2CCCCC2C(OC)N2CCCCC2)C(=O)C2=CC(c3ccc(C)cc3)NN21. The molecule has 0 radical (unpaired) electrons. The summed E-state index contributed by atoms with van der Waals surface area (Å²) in [5, 5.41) is 2.10. The van der Waals surface area contributed by atoms with Crippen LogP contribution in [-0.4, -0.2) is 89.7 Å². The van der Waals surface area contributed by atoms with E-state index in [1.54, 1.807) is 7.11 Å². The molecule has 4 aliphatic heterocycles. The highest BCUT2D eigenvalue weighted by molar-refractivity contribution is 5.96. The van der Waals surface area contributed by atoms with E-state index in [1.807, 2.05) is 23.6 Å². The van der Waals surface area contributed by atoms with Crippen LogP contribution in [0.15, 0.2) is 36.0 Å². The van der Waals surface area contributed by atoms with Gasteiger partial charge in [-0.2, -0.15) is 0 Å². The molecule has 1 N–H and O–H groups in total. The zero-order chi connectivity index (χ0) is 30.1. The fourth-order valence-corrected chi connectivity index (χ4v) is 7.02. The highest BCUT2D eigenvalue weighted by atomic mass is 16.5. The summed E-state index contributed by atoms with van der Waals surface area (Å²) in [7, 11) is 1.78. The highest BCUT2D eigenvalue weighted by Crippen LogP contribution is 2.33. The maximum atomic E-state index is 13.9. The summed E-state index contributed by atoms with van der Waals surface area (Å²) in [4.78, 5) is 34.0. The fourth-order valence-electron chi connectivity index (χ4n) is 7.02. The second-order valence-corrected chi connectivity index (χ2v) is 12.1. The lowest BCUT2D eigenvalue weighted by atomic mass is 9.98. The molecule has 0 aliphatic carbocycles. The molecule has 0 saturated carbocycles. The van der Waals surface area contributed by atoms with Crippen LogP contribution in [0.3, 0.4) is 0 Å². The van der Waals surface area contributed by atoms with Gasteiger partial charge in [-0.25, -0.2) is 5.43 Å². The molecule has 8 heteroatoms. The molecule has 0 spiro atoms. The maximum absolute atomic E-state index is 13.9. The molecule has 4 aliphatic rings. The van der Waals surface area contributed by atoms with Gasteiger partial charge >= 0.3 is 0 Å². The monoisotopic (exact) mass is 581 g/mol. The molecule has 3 fully saturated rings. The van der Waals surface area contributed by atoms with E-state index in [1.165, 1.54) is 31.2 Å². The van der Waals surface area contributed by atoms with Crippen LogP contribution in [0.5, 0.6) is 0 Å². The second kappa shape index (κ2) is 15.9. The first-order chi connectivity index (χ1) is 20.5. The zero-order valence-electron chi connectivity index (χ0n) is 26.8. The number of benzene rings is 1. The first kappa shape index (κ1) is 32.5. The van der Waals surface area contributed by atoms with E-state index < -0.39 is 0 Å². The van der Waals surface area contributed by atoms with E-state index in [4.69, 9.17) is 4.74 Å². The van der Waals surface area contributed by atoms with Gasteiger partial charge in [-0.1, -0.05) is 76.3 Å². The summed E-state index contributed by atoms with van der Waals surface area (Å²) < 4.78 is 6.04. The third-order valence-corrected chi connectivity index (χ3v) is 9.26. The molecule has 2 amide bonds. The number of hydrogen-bond acceptors (Lipinski definition) is 6. The van der Waals surface area contributed by atoms with Crippen molar-refractivity contribution in [1.29, 1.82) is 0 Å². The molecule has 4 atom stereocenters. The number of piperazine rings is 1. The van der Waals surface area contributed by atoms with Gasteiger partial charge in [0.2, 0.25) is 5.91 Å². The number of carbonyl (C=O) groups excluding carboxylic acids is 2. The number of hydrazine groups is 1. The molecule has 4 unspecified atom stereocenters. The third-order valence-electron chi connectivity index (χ3n) is 9.26. The van der Waals surface area contributed by atoms with Crippen LogP contribution >= 0.6 is 0 Å². The van der Waals surface area contributed by atoms with Gasteiger partial charge in [0.05, 0.1) is 18.1 Å². The lowest BCUT2D eigenvalue weighted by molar-refractivity contribution is -0.153. The summed E-state index contributed by atoms with van der Waals surface area (Å²) in [6.45, 7) is 11.8. The molecule has 42 heavy (non-hydrogen) atoms. The number of nitrogens with one attached hydrogen (secondary N) is 1. The Hall–Kier alpha value is -2.42. The van der Waals surface area contributed by atoms with Crippen LogP contribution in [0.4, 0.5) is 0 Å². The van der Waals surface area contributed by atoms with Crippen molar-refractivity contribution in [2.45, 2.75) is 116 Å². The van der Waals surface area contributed by atoms with Crippen LogP contribution < -0.4 is 5.43 Å². The van der Waals surface area contributed by atoms with E-state index >= 15 is 0 Å². The molecule has 8 nitrogen and oxygen atoms in total. The smallest absolute Gasteiger partial charge is 0.271 e. The summed E-state index contributed by atoms with van der Waals surface area (Å²) in [5.41, 5.74) is 6.67. The Labute approximate surface area is 254 Å². The number of hydrogen-bond donors (Lipinski definition) is 1. The van der Waals surface area contributed by atoms with Crippen LogP contribution in [0, 0.1) is 6.92 Å². The quantitative estimate of drug-likeness (QED) is 0.374. The number of carbonyl (C=O) groups is 2. The Morgan fingerprint density at radius 3 is 2.43 bits per heavy atom. The molecular weight excluding hydrogens is 526 g/mol. The van der Waals surface area contributed by atoms with Crippen LogP contribution in [0.2, 0.25) is 0 Å². The Morgan fingerprint density at radius 2 is 1.74 bits per heavy atom. The van der Waals surface area contributed by atoms with Gasteiger partial charge in [-0.15, -0.1) is 0 Å². The Kier molecular flexibility index (Phi) is 12.3. The predicted octanol–water partition coefficient (Wildman–Crippen LogP) is 5.40. The number of methoxy groups -OCH3 is 1. The number of nitrogens with zero attached hydrogens (tertiary/aromatic N) is 4. The number of fused-ring (bicyclic) bond motifs is 1. The van der Waals surface area contributed by atoms with Crippen molar-refractivity contribution in [1.82, 2.24) is 25.1 Å². The highest BCUT2D eigenvalue weighted by Gasteiger charge is 2.43. The van der Waals surface area contributed by atoms with Gasteiger partial charge in [-0.05, 0) is 57.1 Å². The standard InChI is InChI=1S/C32H49N5O3.C2H6/c1-4-5-7-12-26-22-35(31(39)29-21-27(33-37(26)29)25-16-14-24(2)15-17-25)23-30(38)36-20-11-8-13-28(36)32(40-3)34-18-9-6-10-19-34;1-2/h14-17,21,26-28,32-33H,4-13,18-20,22-23H2,1-3H3;1-2H3. The van der Waals surface area contributed by atoms with Gasteiger partial charge in [0, 0.05) is 33.3 Å². The minimum absolute atomic E-state index is 0.0395. The van der Waals surface area contributed by atoms with Gasteiger partial charge < -0.3 is 14.5 Å². The predicted molar refractivity (Wildman–Crippen MR) is 168 cm³/mol. The minimum atomic E-state index is -0.0732. The lowest BCUT2D eigenvalue weighted by Gasteiger charge is -2.46. The number of amides is 2. The van der Waals surface area contributed by atoms with Crippen molar-refractivity contribution < 1.29 is 14.3 Å². The normalized spacial score (nSPS) is 25.5. The number of ether oxygens (including phenoxy) is 1.